The molecule has 0 aromatic carbocycles. The Morgan fingerprint density at radius 1 is 1.57 bits per heavy atom. The van der Waals surface area contributed by atoms with E-state index in [1.807, 2.05) is 12.3 Å². The molecule has 0 atom stereocenters. The van der Waals surface area contributed by atoms with Gasteiger partial charge >= 0.3 is 6.03 Å². The number of hydrogen-bond acceptors (Lipinski definition) is 2. The fraction of sp³-hybridized carbons (Fsp3) is 0.400. The number of amides is 2. The highest BCUT2D eigenvalue weighted by molar-refractivity contribution is 5.93. The molecule has 1 aliphatic rings. The van der Waals surface area contributed by atoms with Crippen molar-refractivity contribution in [2.24, 2.45) is 0 Å². The van der Waals surface area contributed by atoms with Gasteiger partial charge in [-0.2, -0.15) is 0 Å². The quantitative estimate of drug-likeness (QED) is 0.616. The number of carbonyl (C=O) groups is 1. The normalized spacial score (nSPS) is 14.0. The number of hydrogen-bond donors (Lipinski definition) is 0. The molecule has 1 aromatic heterocycles. The lowest BCUT2D eigenvalue weighted by atomic mass is 10.2. The van der Waals surface area contributed by atoms with Gasteiger partial charge in [-0.15, -0.1) is 0 Å². The first-order chi connectivity index (χ1) is 6.70. The van der Waals surface area contributed by atoms with Crippen LogP contribution in [-0.4, -0.2) is 36.6 Å². The predicted molar refractivity (Wildman–Crippen MR) is 54.4 cm³/mol. The molecule has 0 spiro atoms. The molecule has 0 N–H and O–H groups in total. The Morgan fingerprint density at radius 2 is 2.36 bits per heavy atom. The predicted octanol–water partition coefficient (Wildman–Crippen LogP) is 1.13. The van der Waals surface area contributed by atoms with E-state index in [2.05, 4.69) is 4.98 Å². The Labute approximate surface area is 83.2 Å². The highest BCUT2D eigenvalue weighted by atomic mass is 16.2. The molecule has 0 aliphatic carbocycles. The molecule has 0 saturated carbocycles. The number of fused-ring (bicyclic) bond motifs is 1. The minimum atomic E-state index is 0.0370. The third-order valence-electron chi connectivity index (χ3n) is 2.39. The molecule has 0 bridgehead atoms. The fourth-order valence-corrected chi connectivity index (χ4v) is 1.67. The monoisotopic (exact) mass is 191 g/mol. The lowest BCUT2D eigenvalue weighted by molar-refractivity contribution is 0.224. The van der Waals surface area contributed by atoms with Gasteiger partial charge in [0.2, 0.25) is 0 Å². The molecule has 4 nitrogen and oxygen atoms in total. The second kappa shape index (κ2) is 3.29. The Bertz CT molecular complexity index is 362. The van der Waals surface area contributed by atoms with Crippen LogP contribution in [0, 0.1) is 0 Å². The third-order valence-corrected chi connectivity index (χ3v) is 2.39. The van der Waals surface area contributed by atoms with Gasteiger partial charge in [0.1, 0.15) is 0 Å². The molecule has 0 unspecified atom stereocenters. The third kappa shape index (κ3) is 1.32. The van der Waals surface area contributed by atoms with Crippen LogP contribution in [0.15, 0.2) is 18.5 Å². The summed E-state index contributed by atoms with van der Waals surface area (Å²) in [5.41, 5.74) is 2.15. The number of pyridine rings is 1. The molecule has 0 fully saturated rings. The number of rotatable bonds is 0. The second-order valence-electron chi connectivity index (χ2n) is 3.58. The molecule has 14 heavy (non-hydrogen) atoms. The van der Waals surface area contributed by atoms with Crippen molar-refractivity contribution < 1.29 is 4.79 Å². The molecule has 0 saturated heterocycles. The Balaban J connectivity index is 2.30. The van der Waals surface area contributed by atoms with Gasteiger partial charge in [0.25, 0.3) is 0 Å². The average molecular weight is 191 g/mol. The smallest absolute Gasteiger partial charge is 0.323 e. The van der Waals surface area contributed by atoms with E-state index in [0.717, 1.165) is 24.2 Å². The number of carbonyl (C=O) groups excluding carboxylic acids is 1. The zero-order chi connectivity index (χ0) is 10.1. The molecule has 1 aliphatic heterocycles. The molecule has 2 amide bonds. The lowest BCUT2D eigenvalue weighted by Crippen LogP contribution is -2.38. The highest BCUT2D eigenvalue weighted by Gasteiger charge is 2.25. The van der Waals surface area contributed by atoms with Gasteiger partial charge in [0.15, 0.2) is 0 Å². The number of nitrogens with zero attached hydrogens (tertiary/aromatic N) is 3. The fourth-order valence-electron chi connectivity index (χ4n) is 1.67. The van der Waals surface area contributed by atoms with Gasteiger partial charge in [-0.05, 0) is 18.1 Å². The number of anilines is 1. The zero-order valence-corrected chi connectivity index (χ0v) is 8.40. The molecule has 2 heterocycles. The number of urea groups is 1. The first-order valence-electron chi connectivity index (χ1n) is 4.62. The van der Waals surface area contributed by atoms with Gasteiger partial charge in [-0.25, -0.2) is 4.79 Å². The summed E-state index contributed by atoms with van der Waals surface area (Å²) in [6.07, 6.45) is 4.46. The van der Waals surface area contributed by atoms with Crippen LogP contribution in [0.4, 0.5) is 10.5 Å². The zero-order valence-electron chi connectivity index (χ0n) is 8.40. The van der Waals surface area contributed by atoms with Crippen molar-refractivity contribution in [2.45, 2.75) is 6.42 Å². The summed E-state index contributed by atoms with van der Waals surface area (Å²) in [6.45, 7) is 0.762. The van der Waals surface area contributed by atoms with Crippen molar-refractivity contribution in [3.8, 4) is 0 Å². The Kier molecular flexibility index (Phi) is 2.11. The van der Waals surface area contributed by atoms with Gasteiger partial charge in [-0.3, -0.25) is 9.88 Å². The summed E-state index contributed by atoms with van der Waals surface area (Å²) in [6, 6.07) is 1.93. The maximum absolute atomic E-state index is 11.7. The van der Waals surface area contributed by atoms with Crippen LogP contribution < -0.4 is 4.90 Å². The molecule has 1 aromatic rings. The van der Waals surface area contributed by atoms with Crippen molar-refractivity contribution in [1.82, 2.24) is 9.88 Å². The molecule has 74 valence electrons. The van der Waals surface area contributed by atoms with Crippen molar-refractivity contribution in [2.75, 3.05) is 25.5 Å². The molecule has 0 radical (unpaired) electrons. The largest absolute Gasteiger partial charge is 0.330 e. The second-order valence-corrected chi connectivity index (χ2v) is 3.58. The minimum absolute atomic E-state index is 0.0370. The summed E-state index contributed by atoms with van der Waals surface area (Å²) >= 11 is 0. The first kappa shape index (κ1) is 8.99. The van der Waals surface area contributed by atoms with E-state index in [4.69, 9.17) is 0 Å². The van der Waals surface area contributed by atoms with Crippen LogP contribution in [-0.2, 0) is 6.42 Å². The minimum Gasteiger partial charge on any atom is -0.330 e. The van der Waals surface area contributed by atoms with Gasteiger partial charge in [0.05, 0.1) is 5.69 Å². The maximum Gasteiger partial charge on any atom is 0.323 e. The van der Waals surface area contributed by atoms with Crippen LogP contribution in [0.25, 0.3) is 0 Å². The number of aromatic nitrogens is 1. The van der Waals surface area contributed by atoms with Crippen LogP contribution in [0.1, 0.15) is 5.56 Å². The van der Waals surface area contributed by atoms with E-state index < -0.39 is 0 Å². The lowest BCUT2D eigenvalue weighted by Gasteiger charge is -2.21. The topological polar surface area (TPSA) is 36.4 Å². The van der Waals surface area contributed by atoms with Crippen LogP contribution in [0.5, 0.6) is 0 Å². The van der Waals surface area contributed by atoms with Crippen LogP contribution >= 0.6 is 0 Å². The Hall–Kier alpha value is -1.58. The van der Waals surface area contributed by atoms with Crippen molar-refractivity contribution in [3.05, 3.63) is 24.0 Å². The molecular formula is C10H13N3O. The maximum atomic E-state index is 11.7. The van der Waals surface area contributed by atoms with Crippen molar-refractivity contribution in [1.29, 1.82) is 0 Å². The first-order valence-corrected chi connectivity index (χ1v) is 4.62. The molecular weight excluding hydrogens is 178 g/mol. The standard InChI is InChI=1S/C10H13N3O/c1-12(2)10(14)13-6-4-8-7-11-5-3-9(8)13/h3,5,7H,4,6H2,1-2H3. The van der Waals surface area contributed by atoms with Gasteiger partial charge < -0.3 is 4.90 Å². The molecule has 4 heteroatoms. The summed E-state index contributed by atoms with van der Waals surface area (Å²) in [7, 11) is 3.53. The Morgan fingerprint density at radius 3 is 3.07 bits per heavy atom. The van der Waals surface area contributed by atoms with Gasteiger partial charge in [-0.1, -0.05) is 0 Å². The van der Waals surface area contributed by atoms with Crippen molar-refractivity contribution in [3.63, 3.8) is 0 Å². The van der Waals surface area contributed by atoms with Crippen LogP contribution in [0.2, 0.25) is 0 Å². The summed E-state index contributed by atoms with van der Waals surface area (Å²) < 4.78 is 0. The van der Waals surface area contributed by atoms with E-state index in [9.17, 15) is 4.79 Å². The highest BCUT2D eigenvalue weighted by Crippen LogP contribution is 2.26. The van der Waals surface area contributed by atoms with Gasteiger partial charge in [0, 0.05) is 33.0 Å². The van der Waals surface area contributed by atoms with Crippen LogP contribution in [0.3, 0.4) is 0 Å². The van der Waals surface area contributed by atoms with E-state index in [1.54, 1.807) is 30.1 Å². The van der Waals surface area contributed by atoms with E-state index >= 15 is 0 Å². The molecule has 2 rings (SSSR count). The summed E-state index contributed by atoms with van der Waals surface area (Å²) in [4.78, 5) is 19.2. The van der Waals surface area contributed by atoms with E-state index in [0.29, 0.717) is 0 Å². The average Bonchev–Trinajstić information content (AvgIpc) is 2.60. The van der Waals surface area contributed by atoms with Crippen molar-refractivity contribution >= 4 is 11.7 Å². The SMILES string of the molecule is CN(C)C(=O)N1CCc2cnccc21. The summed E-state index contributed by atoms with van der Waals surface area (Å²) in [5, 5.41) is 0. The summed E-state index contributed by atoms with van der Waals surface area (Å²) in [5.74, 6) is 0. The van der Waals surface area contributed by atoms with E-state index in [1.165, 1.54) is 0 Å². The van der Waals surface area contributed by atoms with E-state index in [-0.39, 0.29) is 6.03 Å².